The first-order chi connectivity index (χ1) is 13.4. The van der Waals surface area contributed by atoms with Crippen molar-refractivity contribution in [3.8, 4) is 0 Å². The van der Waals surface area contributed by atoms with E-state index in [0.29, 0.717) is 0 Å². The smallest absolute Gasteiger partial charge is 0.308 e. The number of anilines is 1. The van der Waals surface area contributed by atoms with E-state index in [1.54, 1.807) is 4.90 Å². The lowest BCUT2D eigenvalue weighted by molar-refractivity contribution is -0.154. The summed E-state index contributed by atoms with van der Waals surface area (Å²) in [5, 5.41) is 0. The fourth-order valence-electron chi connectivity index (χ4n) is 4.77. The van der Waals surface area contributed by atoms with Gasteiger partial charge in [0, 0.05) is 11.7 Å². The van der Waals surface area contributed by atoms with Crippen LogP contribution in [0.1, 0.15) is 52.4 Å². The molecule has 2 saturated carbocycles. The molecule has 0 heterocycles. The SMILES string of the molecule is CCN(CC)C1CCCCCC1N(C(=O)C1CC1C(F)(F)F)c1ccccc1. The maximum Gasteiger partial charge on any atom is 0.392 e. The van der Waals surface area contributed by atoms with Gasteiger partial charge in [0.2, 0.25) is 5.91 Å². The Morgan fingerprint density at radius 3 is 2.14 bits per heavy atom. The monoisotopic (exact) mass is 396 g/mol. The molecule has 6 heteroatoms. The zero-order valence-electron chi connectivity index (χ0n) is 16.8. The van der Waals surface area contributed by atoms with Crippen molar-refractivity contribution >= 4 is 11.6 Å². The lowest BCUT2D eigenvalue weighted by Gasteiger charge is -2.41. The van der Waals surface area contributed by atoms with Crippen LogP contribution in [0.3, 0.4) is 0 Å². The predicted octanol–water partition coefficient (Wildman–Crippen LogP) is 5.26. The molecule has 3 rings (SSSR count). The van der Waals surface area contributed by atoms with Crippen molar-refractivity contribution in [2.75, 3.05) is 18.0 Å². The Morgan fingerprint density at radius 2 is 1.61 bits per heavy atom. The summed E-state index contributed by atoms with van der Waals surface area (Å²) in [6.45, 7) is 5.98. The van der Waals surface area contributed by atoms with E-state index in [1.807, 2.05) is 30.3 Å². The van der Waals surface area contributed by atoms with Crippen LogP contribution in [-0.4, -0.2) is 42.2 Å². The number of halogens is 3. The van der Waals surface area contributed by atoms with Crippen molar-refractivity contribution in [3.05, 3.63) is 30.3 Å². The van der Waals surface area contributed by atoms with Crippen LogP contribution in [0.15, 0.2) is 30.3 Å². The quantitative estimate of drug-likeness (QED) is 0.612. The van der Waals surface area contributed by atoms with Gasteiger partial charge in [-0.1, -0.05) is 51.3 Å². The summed E-state index contributed by atoms with van der Waals surface area (Å²) in [6.07, 6.45) is 0.676. The van der Waals surface area contributed by atoms with Gasteiger partial charge in [-0.3, -0.25) is 9.69 Å². The number of para-hydroxylation sites is 1. The van der Waals surface area contributed by atoms with E-state index in [2.05, 4.69) is 18.7 Å². The van der Waals surface area contributed by atoms with Crippen molar-refractivity contribution in [1.82, 2.24) is 4.90 Å². The lowest BCUT2D eigenvalue weighted by atomic mass is 9.97. The molecule has 3 nitrogen and oxygen atoms in total. The van der Waals surface area contributed by atoms with Crippen LogP contribution in [0.2, 0.25) is 0 Å². The van der Waals surface area contributed by atoms with E-state index in [9.17, 15) is 18.0 Å². The van der Waals surface area contributed by atoms with Gasteiger partial charge in [-0.05, 0) is 44.5 Å². The molecule has 2 aliphatic carbocycles. The second-order valence-corrected chi connectivity index (χ2v) is 8.03. The third-order valence-corrected chi connectivity index (χ3v) is 6.36. The maximum atomic E-state index is 13.3. The Hall–Kier alpha value is -1.56. The van der Waals surface area contributed by atoms with Gasteiger partial charge in [0.1, 0.15) is 0 Å². The zero-order valence-corrected chi connectivity index (χ0v) is 16.8. The summed E-state index contributed by atoms with van der Waals surface area (Å²) in [4.78, 5) is 17.4. The highest BCUT2D eigenvalue weighted by Gasteiger charge is 2.60. The first-order valence-electron chi connectivity index (χ1n) is 10.6. The Morgan fingerprint density at radius 1 is 1.00 bits per heavy atom. The van der Waals surface area contributed by atoms with Crippen LogP contribution in [-0.2, 0) is 4.79 Å². The Bertz CT molecular complexity index is 645. The second-order valence-electron chi connectivity index (χ2n) is 8.03. The Balaban J connectivity index is 1.94. The molecule has 2 fully saturated rings. The van der Waals surface area contributed by atoms with E-state index in [0.717, 1.165) is 50.9 Å². The van der Waals surface area contributed by atoms with Crippen LogP contribution >= 0.6 is 0 Å². The van der Waals surface area contributed by atoms with Gasteiger partial charge in [0.15, 0.2) is 0 Å². The molecule has 0 spiro atoms. The Kier molecular flexibility index (Phi) is 6.69. The minimum atomic E-state index is -4.29. The Labute approximate surface area is 165 Å². The molecule has 0 bridgehead atoms. The van der Waals surface area contributed by atoms with Crippen molar-refractivity contribution in [2.24, 2.45) is 11.8 Å². The summed E-state index contributed by atoms with van der Waals surface area (Å²) in [5.74, 6) is -2.76. The van der Waals surface area contributed by atoms with Gasteiger partial charge in [0.25, 0.3) is 0 Å². The average molecular weight is 396 g/mol. The number of amides is 1. The van der Waals surface area contributed by atoms with E-state index < -0.39 is 18.0 Å². The second kappa shape index (κ2) is 8.85. The first kappa shape index (κ1) is 21.2. The van der Waals surface area contributed by atoms with Crippen molar-refractivity contribution < 1.29 is 18.0 Å². The molecule has 0 saturated heterocycles. The van der Waals surface area contributed by atoms with Crippen LogP contribution < -0.4 is 4.90 Å². The summed E-state index contributed by atoms with van der Waals surface area (Å²) in [7, 11) is 0. The number of carbonyl (C=O) groups excluding carboxylic acids is 1. The molecule has 0 aromatic heterocycles. The van der Waals surface area contributed by atoms with Crippen molar-refractivity contribution in [2.45, 2.75) is 70.6 Å². The number of carbonyl (C=O) groups is 1. The minimum absolute atomic E-state index is 0.0751. The number of likely N-dealkylation sites (N-methyl/N-ethyl adjacent to an activating group) is 1. The highest BCUT2D eigenvalue weighted by atomic mass is 19.4. The molecular formula is C22H31F3N2O. The molecule has 0 N–H and O–H groups in total. The summed E-state index contributed by atoms with van der Waals surface area (Å²) in [6, 6.07) is 9.40. The molecule has 1 amide bonds. The van der Waals surface area contributed by atoms with Gasteiger partial charge in [-0.2, -0.15) is 13.2 Å². The molecule has 1 aromatic rings. The number of hydrogen-bond acceptors (Lipinski definition) is 2. The van der Waals surface area contributed by atoms with E-state index in [4.69, 9.17) is 0 Å². The van der Waals surface area contributed by atoms with Gasteiger partial charge in [0.05, 0.1) is 17.9 Å². The van der Waals surface area contributed by atoms with Crippen LogP contribution in [0, 0.1) is 11.8 Å². The lowest BCUT2D eigenvalue weighted by Crippen LogP contribution is -2.54. The van der Waals surface area contributed by atoms with Crippen molar-refractivity contribution in [3.63, 3.8) is 0 Å². The fraction of sp³-hybridized carbons (Fsp3) is 0.682. The molecule has 4 unspecified atom stereocenters. The van der Waals surface area contributed by atoms with Gasteiger partial charge in [-0.25, -0.2) is 0 Å². The van der Waals surface area contributed by atoms with Crippen LogP contribution in [0.4, 0.5) is 18.9 Å². The van der Waals surface area contributed by atoms with E-state index >= 15 is 0 Å². The molecule has 2 aliphatic rings. The topological polar surface area (TPSA) is 23.6 Å². The van der Waals surface area contributed by atoms with Gasteiger partial charge < -0.3 is 4.90 Å². The average Bonchev–Trinajstić information content (AvgIpc) is 3.49. The van der Waals surface area contributed by atoms with Gasteiger partial charge in [-0.15, -0.1) is 0 Å². The molecular weight excluding hydrogens is 365 g/mol. The number of alkyl halides is 3. The largest absolute Gasteiger partial charge is 0.392 e. The first-order valence-corrected chi connectivity index (χ1v) is 10.6. The van der Waals surface area contributed by atoms with E-state index in [1.165, 1.54) is 0 Å². The summed E-state index contributed by atoms with van der Waals surface area (Å²) < 4.78 is 39.5. The maximum absolute atomic E-state index is 13.3. The summed E-state index contributed by atoms with van der Waals surface area (Å²) >= 11 is 0. The number of nitrogens with zero attached hydrogens (tertiary/aromatic N) is 2. The third-order valence-electron chi connectivity index (χ3n) is 6.36. The van der Waals surface area contributed by atoms with Gasteiger partial charge >= 0.3 is 6.18 Å². The number of rotatable bonds is 6. The molecule has 0 radical (unpaired) electrons. The zero-order chi connectivity index (χ0) is 20.3. The molecule has 0 aliphatic heterocycles. The highest BCUT2D eigenvalue weighted by Crippen LogP contribution is 2.51. The molecule has 4 atom stereocenters. The van der Waals surface area contributed by atoms with Crippen LogP contribution in [0.5, 0.6) is 0 Å². The third kappa shape index (κ3) is 4.53. The molecule has 28 heavy (non-hydrogen) atoms. The molecule has 1 aromatic carbocycles. The number of benzene rings is 1. The van der Waals surface area contributed by atoms with Crippen molar-refractivity contribution in [1.29, 1.82) is 0 Å². The minimum Gasteiger partial charge on any atom is -0.308 e. The summed E-state index contributed by atoms with van der Waals surface area (Å²) in [5.41, 5.74) is 0.726. The van der Waals surface area contributed by atoms with Crippen LogP contribution in [0.25, 0.3) is 0 Å². The highest BCUT2D eigenvalue weighted by molar-refractivity contribution is 5.97. The molecule has 156 valence electrons. The van der Waals surface area contributed by atoms with E-state index in [-0.39, 0.29) is 24.4 Å². The standard InChI is InChI=1S/C22H31F3N2O/c1-3-26(4-2)19-13-9-6-10-14-20(19)27(16-11-7-5-8-12-16)21(28)17-15-18(17)22(23,24)25/h5,7-8,11-12,17-20H,3-4,6,9-10,13-15H2,1-2H3. The fourth-order valence-corrected chi connectivity index (χ4v) is 4.77. The normalized spacial score (nSPS) is 28.1. The number of hydrogen-bond donors (Lipinski definition) is 0. The predicted molar refractivity (Wildman–Crippen MR) is 105 cm³/mol.